The highest BCUT2D eigenvalue weighted by atomic mass is 31.2. The number of hydrogen-bond donors (Lipinski definition) is 3. The lowest BCUT2D eigenvalue weighted by Gasteiger charge is -2.21. The number of carbonyl (C=O) groups is 4. The lowest BCUT2D eigenvalue weighted by Crippen LogP contribution is -2.30. The Morgan fingerprint density at radius 1 is 0.276 bits per heavy atom. The first-order chi connectivity index (χ1) is 47.4. The van der Waals surface area contributed by atoms with Crippen LogP contribution in [0.3, 0.4) is 0 Å². The maximum atomic E-state index is 13.1. The van der Waals surface area contributed by atoms with Crippen molar-refractivity contribution in [2.75, 3.05) is 39.6 Å². The Kier molecular flexibility index (Phi) is 69.3. The molecule has 0 saturated carbocycles. The summed E-state index contributed by atoms with van der Waals surface area (Å²) >= 11 is 0. The van der Waals surface area contributed by atoms with Gasteiger partial charge in [0.15, 0.2) is 12.2 Å². The third kappa shape index (κ3) is 72.4. The maximum absolute atomic E-state index is 13.1. The number of esters is 4. The van der Waals surface area contributed by atoms with Crippen LogP contribution in [-0.2, 0) is 65.4 Å². The second kappa shape index (κ2) is 70.7. The fraction of sp³-hybridized carbons (Fsp3) is 0.949. The molecule has 0 fully saturated rings. The molecule has 0 amide bonds. The molecule has 0 radical (unpaired) electrons. The minimum Gasteiger partial charge on any atom is -0.462 e. The summed E-state index contributed by atoms with van der Waals surface area (Å²) in [5.74, 6) is -0.537. The number of phosphoric acid groups is 2. The Balaban J connectivity index is 5.13. The van der Waals surface area contributed by atoms with Gasteiger partial charge in [0.1, 0.15) is 19.3 Å². The van der Waals surface area contributed by atoms with Crippen molar-refractivity contribution in [2.45, 2.75) is 432 Å². The average molecular weight is 1440 g/mol. The molecule has 0 aliphatic heterocycles. The molecule has 98 heavy (non-hydrogen) atoms. The first kappa shape index (κ1) is 96.1. The molecular weight excluding hydrogens is 1280 g/mol. The van der Waals surface area contributed by atoms with Crippen molar-refractivity contribution in [1.82, 2.24) is 0 Å². The number of aliphatic hydroxyl groups is 1. The molecule has 2 unspecified atom stereocenters. The first-order valence-electron chi connectivity index (χ1n) is 41.0. The Hall–Kier alpha value is -1.94. The van der Waals surface area contributed by atoms with Crippen LogP contribution < -0.4 is 0 Å². The standard InChI is InChI=1S/C79H154O17P2/c1-7-9-11-13-14-15-16-17-18-19-20-21-22-23-30-35-40-45-51-57-64-79(84)96-75(68-90-77(82)62-56-50-44-39-34-29-25-24-27-32-37-42-48-53-59-71(3)4)70-94-98(87,88)92-66-73(80)65-91-97(85,86)93-69-74(67-89-76(81)61-55-47-12-10-8-2)95-78(83)63-58-52-46-41-36-31-26-28-33-38-43-49-54-60-72(5)6/h71-75,80H,7-70H2,1-6H3,(H,85,86)(H,87,88)/t73-,74+,75+/m0/s1. The number of unbranched alkanes of at least 4 members (excludes halogenated alkanes) is 48. The molecule has 0 aliphatic carbocycles. The van der Waals surface area contributed by atoms with Crippen molar-refractivity contribution in [3.8, 4) is 0 Å². The van der Waals surface area contributed by atoms with Crippen LogP contribution in [0, 0.1) is 11.8 Å². The topological polar surface area (TPSA) is 237 Å². The number of phosphoric ester groups is 2. The molecule has 0 spiro atoms. The van der Waals surface area contributed by atoms with Crippen LogP contribution in [0.2, 0.25) is 0 Å². The second-order valence-corrected chi connectivity index (χ2v) is 32.3. The molecular formula is C79H154O17P2. The summed E-state index contributed by atoms with van der Waals surface area (Å²) in [5.41, 5.74) is 0. The third-order valence-corrected chi connectivity index (χ3v) is 20.4. The van der Waals surface area contributed by atoms with Crippen molar-refractivity contribution in [3.05, 3.63) is 0 Å². The van der Waals surface area contributed by atoms with Crippen LogP contribution in [-0.4, -0.2) is 96.7 Å². The summed E-state index contributed by atoms with van der Waals surface area (Å²) in [5, 5.41) is 10.6. The highest BCUT2D eigenvalue weighted by Crippen LogP contribution is 2.45. The molecule has 0 aromatic carbocycles. The van der Waals surface area contributed by atoms with E-state index in [0.29, 0.717) is 25.7 Å². The lowest BCUT2D eigenvalue weighted by atomic mass is 10.0. The quantitative estimate of drug-likeness (QED) is 0.0222. The van der Waals surface area contributed by atoms with E-state index in [1.165, 1.54) is 225 Å². The van der Waals surface area contributed by atoms with Gasteiger partial charge in [-0.15, -0.1) is 0 Å². The highest BCUT2D eigenvalue weighted by Gasteiger charge is 2.30. The summed E-state index contributed by atoms with van der Waals surface area (Å²) in [7, 11) is -9.91. The monoisotopic (exact) mass is 1440 g/mol. The zero-order chi connectivity index (χ0) is 72.1. The molecule has 17 nitrogen and oxygen atoms in total. The highest BCUT2D eigenvalue weighted by molar-refractivity contribution is 7.47. The Bertz CT molecular complexity index is 1890. The van der Waals surface area contributed by atoms with Crippen molar-refractivity contribution in [3.63, 3.8) is 0 Å². The van der Waals surface area contributed by atoms with Crippen LogP contribution in [0.25, 0.3) is 0 Å². The molecule has 0 aromatic rings. The largest absolute Gasteiger partial charge is 0.472 e. The average Bonchev–Trinajstić information content (AvgIpc) is 1.12. The Morgan fingerprint density at radius 3 is 0.694 bits per heavy atom. The van der Waals surface area contributed by atoms with E-state index >= 15 is 0 Å². The van der Waals surface area contributed by atoms with Crippen LogP contribution in [0.5, 0.6) is 0 Å². The number of rotatable bonds is 78. The predicted octanol–water partition coefficient (Wildman–Crippen LogP) is 23.5. The molecule has 0 aromatic heterocycles. The SMILES string of the molecule is CCCCCCCCCCCCCCCCCCCCCCC(=O)O[C@H](COC(=O)CCCCCCCCCCCCCCCCC(C)C)COP(=O)(O)OC[C@@H](O)COP(=O)(O)OC[C@@H](COC(=O)CCCCCCC)OC(=O)CCCCCCCCCCCCCCCC(C)C. The lowest BCUT2D eigenvalue weighted by molar-refractivity contribution is -0.161. The van der Waals surface area contributed by atoms with Gasteiger partial charge in [0, 0.05) is 25.7 Å². The summed E-state index contributed by atoms with van der Waals surface area (Å²) in [4.78, 5) is 72.7. The molecule has 0 rings (SSSR count). The maximum Gasteiger partial charge on any atom is 0.472 e. The Morgan fingerprint density at radius 2 is 0.469 bits per heavy atom. The molecule has 582 valence electrons. The van der Waals surface area contributed by atoms with Gasteiger partial charge >= 0.3 is 39.5 Å². The zero-order valence-corrected chi connectivity index (χ0v) is 65.9. The summed E-state index contributed by atoms with van der Waals surface area (Å²) in [6.07, 6.45) is 60.1. The summed E-state index contributed by atoms with van der Waals surface area (Å²) < 4.78 is 68.4. The van der Waals surface area contributed by atoms with E-state index in [9.17, 15) is 43.2 Å². The third-order valence-electron chi connectivity index (χ3n) is 18.5. The van der Waals surface area contributed by atoms with E-state index in [1.807, 2.05) is 0 Å². The molecule has 0 heterocycles. The van der Waals surface area contributed by atoms with E-state index in [4.69, 9.17) is 37.0 Å². The fourth-order valence-corrected chi connectivity index (χ4v) is 13.8. The second-order valence-electron chi connectivity index (χ2n) is 29.4. The zero-order valence-electron chi connectivity index (χ0n) is 64.1. The predicted molar refractivity (Wildman–Crippen MR) is 400 cm³/mol. The molecule has 0 aliphatic rings. The molecule has 5 atom stereocenters. The van der Waals surface area contributed by atoms with Gasteiger partial charge in [0.05, 0.1) is 26.4 Å². The normalized spacial score (nSPS) is 13.9. The number of carbonyl (C=O) groups excluding carboxylic acids is 4. The number of aliphatic hydroxyl groups excluding tert-OH is 1. The van der Waals surface area contributed by atoms with Gasteiger partial charge < -0.3 is 33.8 Å². The van der Waals surface area contributed by atoms with E-state index < -0.39 is 97.5 Å². The van der Waals surface area contributed by atoms with E-state index in [0.717, 1.165) is 108 Å². The fourth-order valence-electron chi connectivity index (χ4n) is 12.2. The van der Waals surface area contributed by atoms with Gasteiger partial charge in [-0.1, -0.05) is 363 Å². The van der Waals surface area contributed by atoms with Gasteiger partial charge in [-0.05, 0) is 37.5 Å². The van der Waals surface area contributed by atoms with Crippen molar-refractivity contribution < 1.29 is 80.2 Å². The Labute approximate surface area is 600 Å². The minimum atomic E-state index is -4.96. The van der Waals surface area contributed by atoms with Crippen LogP contribution >= 0.6 is 15.6 Å². The van der Waals surface area contributed by atoms with E-state index in [-0.39, 0.29) is 25.7 Å². The molecule has 0 saturated heterocycles. The summed E-state index contributed by atoms with van der Waals surface area (Å²) in [6, 6.07) is 0. The number of hydrogen-bond acceptors (Lipinski definition) is 15. The smallest absolute Gasteiger partial charge is 0.462 e. The van der Waals surface area contributed by atoms with Crippen LogP contribution in [0.4, 0.5) is 0 Å². The van der Waals surface area contributed by atoms with Crippen molar-refractivity contribution >= 4 is 39.5 Å². The van der Waals surface area contributed by atoms with Gasteiger partial charge in [0.2, 0.25) is 0 Å². The molecule has 3 N–H and O–H groups in total. The van der Waals surface area contributed by atoms with Gasteiger partial charge in [0.25, 0.3) is 0 Å². The number of ether oxygens (including phenoxy) is 4. The van der Waals surface area contributed by atoms with Crippen LogP contribution in [0.15, 0.2) is 0 Å². The van der Waals surface area contributed by atoms with Gasteiger partial charge in [-0.3, -0.25) is 37.3 Å². The van der Waals surface area contributed by atoms with Crippen molar-refractivity contribution in [2.24, 2.45) is 11.8 Å². The first-order valence-corrected chi connectivity index (χ1v) is 44.0. The van der Waals surface area contributed by atoms with Gasteiger partial charge in [-0.25, -0.2) is 9.13 Å². The van der Waals surface area contributed by atoms with E-state index in [1.54, 1.807) is 0 Å². The van der Waals surface area contributed by atoms with Crippen LogP contribution in [0.1, 0.15) is 414 Å². The molecule has 0 bridgehead atoms. The van der Waals surface area contributed by atoms with E-state index in [2.05, 4.69) is 41.5 Å². The van der Waals surface area contributed by atoms with Gasteiger partial charge in [-0.2, -0.15) is 0 Å². The summed E-state index contributed by atoms with van der Waals surface area (Å²) in [6.45, 7) is 9.57. The molecule has 19 heteroatoms. The van der Waals surface area contributed by atoms with Crippen molar-refractivity contribution in [1.29, 1.82) is 0 Å². The minimum absolute atomic E-state index is 0.106.